The van der Waals surface area contributed by atoms with Crippen LogP contribution in [0, 0.1) is 29.1 Å². The molecule has 1 aliphatic rings. The van der Waals surface area contributed by atoms with Crippen molar-refractivity contribution in [2.75, 3.05) is 13.1 Å². The minimum Gasteiger partial charge on any atom is -0.296 e. The van der Waals surface area contributed by atoms with Crippen LogP contribution in [0.1, 0.15) is 44.2 Å². The van der Waals surface area contributed by atoms with Crippen LogP contribution in [0.4, 0.5) is 4.39 Å². The van der Waals surface area contributed by atoms with Crippen LogP contribution in [0.15, 0.2) is 29.6 Å². The highest BCUT2D eigenvalue weighted by molar-refractivity contribution is 7.09. The highest BCUT2D eigenvalue weighted by atomic mass is 32.1. The first-order valence-electron chi connectivity index (χ1n) is 9.50. The molecule has 2 aromatic rings. The lowest BCUT2D eigenvalue weighted by Crippen LogP contribution is -2.54. The van der Waals surface area contributed by atoms with E-state index in [9.17, 15) is 5.26 Å². The molecule has 0 spiro atoms. The van der Waals surface area contributed by atoms with Crippen molar-refractivity contribution in [3.63, 3.8) is 0 Å². The molecule has 0 N–H and O–H groups in total. The van der Waals surface area contributed by atoms with Crippen molar-refractivity contribution in [1.29, 1.82) is 5.26 Å². The van der Waals surface area contributed by atoms with Gasteiger partial charge in [-0.05, 0) is 30.9 Å². The first kappa shape index (κ1) is 20.0. The minimum absolute atomic E-state index is 0.221. The largest absolute Gasteiger partial charge is 0.296 e. The highest BCUT2D eigenvalue weighted by Gasteiger charge is 2.51. The molecule has 0 bridgehead atoms. The number of halogens is 1. The van der Waals surface area contributed by atoms with E-state index >= 15 is 4.39 Å². The van der Waals surface area contributed by atoms with E-state index in [1.807, 2.05) is 6.92 Å². The number of piperidine rings is 1. The molecule has 1 saturated heterocycles. The summed E-state index contributed by atoms with van der Waals surface area (Å²) in [5, 5.41) is 12.4. The third kappa shape index (κ3) is 4.07. The van der Waals surface area contributed by atoms with Crippen molar-refractivity contribution in [3.8, 4) is 17.3 Å². The number of benzene rings is 1. The molecule has 3 nitrogen and oxygen atoms in total. The van der Waals surface area contributed by atoms with Crippen LogP contribution in [-0.4, -0.2) is 29.1 Å². The zero-order valence-electron chi connectivity index (χ0n) is 16.6. The zero-order chi connectivity index (χ0) is 19.7. The first-order valence-corrected chi connectivity index (χ1v) is 10.4. The van der Waals surface area contributed by atoms with Crippen LogP contribution in [0.5, 0.6) is 0 Å². The van der Waals surface area contributed by atoms with Crippen molar-refractivity contribution in [2.24, 2.45) is 10.8 Å². The predicted molar refractivity (Wildman–Crippen MR) is 109 cm³/mol. The Morgan fingerprint density at radius 2 is 2.04 bits per heavy atom. The first-order chi connectivity index (χ1) is 12.7. The number of alkyl halides is 1. The Labute approximate surface area is 165 Å². The van der Waals surface area contributed by atoms with E-state index in [4.69, 9.17) is 0 Å². The fourth-order valence-electron chi connectivity index (χ4n) is 4.14. The van der Waals surface area contributed by atoms with Crippen LogP contribution in [-0.2, 0) is 6.54 Å². The Balaban J connectivity index is 1.67. The lowest BCUT2D eigenvalue weighted by Gasteiger charge is -2.51. The molecular formula is C22H28FN3S. The van der Waals surface area contributed by atoms with Gasteiger partial charge in [0.1, 0.15) is 6.17 Å². The van der Waals surface area contributed by atoms with Gasteiger partial charge in [-0.2, -0.15) is 5.26 Å². The minimum atomic E-state index is -0.983. The van der Waals surface area contributed by atoms with Gasteiger partial charge in [-0.1, -0.05) is 45.0 Å². The van der Waals surface area contributed by atoms with E-state index in [0.717, 1.165) is 35.8 Å². The van der Waals surface area contributed by atoms with E-state index in [-0.39, 0.29) is 11.8 Å². The van der Waals surface area contributed by atoms with Gasteiger partial charge in [0, 0.05) is 35.9 Å². The topological polar surface area (TPSA) is 39.9 Å². The molecule has 0 saturated carbocycles. The lowest BCUT2D eigenvalue weighted by atomic mass is 9.59. The number of nitrogens with zero attached hydrogens (tertiary/aromatic N) is 3. The van der Waals surface area contributed by atoms with Gasteiger partial charge in [-0.3, -0.25) is 4.90 Å². The van der Waals surface area contributed by atoms with Gasteiger partial charge in [0.15, 0.2) is 0 Å². The molecule has 0 amide bonds. The summed E-state index contributed by atoms with van der Waals surface area (Å²) >= 11 is 1.65. The highest BCUT2D eigenvalue weighted by Crippen LogP contribution is 2.50. The summed E-state index contributed by atoms with van der Waals surface area (Å²) in [7, 11) is 0. The van der Waals surface area contributed by atoms with Crippen molar-refractivity contribution >= 4 is 11.3 Å². The number of aryl methyl sites for hydroxylation is 1. The van der Waals surface area contributed by atoms with Crippen molar-refractivity contribution in [1.82, 2.24) is 9.88 Å². The fourth-order valence-corrected chi connectivity index (χ4v) is 4.76. The molecule has 144 valence electrons. The van der Waals surface area contributed by atoms with Crippen molar-refractivity contribution in [3.05, 3.63) is 40.2 Å². The number of hydrogen-bond donors (Lipinski definition) is 0. The molecule has 3 rings (SSSR count). The maximum Gasteiger partial charge on any atom is 0.120 e. The second kappa shape index (κ2) is 7.69. The van der Waals surface area contributed by atoms with Gasteiger partial charge in [0.25, 0.3) is 0 Å². The molecule has 1 aromatic carbocycles. The van der Waals surface area contributed by atoms with Crippen LogP contribution in [0.25, 0.3) is 11.3 Å². The second-order valence-electron chi connectivity index (χ2n) is 8.64. The third-order valence-electron chi connectivity index (χ3n) is 6.06. The Hall–Kier alpha value is -1.77. The van der Waals surface area contributed by atoms with E-state index < -0.39 is 11.6 Å². The maximum absolute atomic E-state index is 15.2. The average molecular weight is 386 g/mol. The molecule has 2 heterocycles. The molecule has 5 heteroatoms. The SMILES string of the molecule is Cc1nc(-c2ccc(CN3CCC(CC#N)(C(C)(C)C)C(F)C3)cc2)cs1. The maximum atomic E-state index is 15.2. The zero-order valence-corrected chi connectivity index (χ0v) is 17.4. The molecule has 2 unspecified atom stereocenters. The number of likely N-dealkylation sites (tertiary alicyclic amines) is 1. The summed E-state index contributed by atoms with van der Waals surface area (Å²) in [6, 6.07) is 10.6. The monoisotopic (exact) mass is 385 g/mol. The Kier molecular flexibility index (Phi) is 5.69. The normalized spacial score (nSPS) is 23.9. The van der Waals surface area contributed by atoms with Gasteiger partial charge in [-0.25, -0.2) is 9.37 Å². The predicted octanol–water partition coefficient (Wildman–Crippen LogP) is 5.61. The van der Waals surface area contributed by atoms with Crippen molar-refractivity contribution in [2.45, 2.75) is 53.3 Å². The number of nitriles is 1. The van der Waals surface area contributed by atoms with Crippen molar-refractivity contribution < 1.29 is 4.39 Å². The molecule has 2 atom stereocenters. The fraction of sp³-hybridized carbons (Fsp3) is 0.545. The Bertz CT molecular complexity index is 815. The number of rotatable bonds is 4. The number of thiazole rings is 1. The molecule has 27 heavy (non-hydrogen) atoms. The summed E-state index contributed by atoms with van der Waals surface area (Å²) < 4.78 is 15.2. The van der Waals surface area contributed by atoms with Crippen LogP contribution >= 0.6 is 11.3 Å². The summed E-state index contributed by atoms with van der Waals surface area (Å²) in [5.74, 6) is 0. The van der Waals surface area contributed by atoms with Gasteiger partial charge >= 0.3 is 0 Å². The van der Waals surface area contributed by atoms with E-state index in [1.54, 1.807) is 11.3 Å². The Morgan fingerprint density at radius 1 is 1.33 bits per heavy atom. The summed E-state index contributed by atoms with van der Waals surface area (Å²) in [5.41, 5.74) is 2.54. The molecule has 1 aliphatic heterocycles. The number of aromatic nitrogens is 1. The molecule has 0 radical (unpaired) electrons. The second-order valence-corrected chi connectivity index (χ2v) is 9.70. The number of hydrogen-bond acceptors (Lipinski definition) is 4. The summed E-state index contributed by atoms with van der Waals surface area (Å²) in [6.07, 6.45) is 0.0254. The molecule has 0 aliphatic carbocycles. The van der Waals surface area contributed by atoms with Crippen LogP contribution < -0.4 is 0 Å². The lowest BCUT2D eigenvalue weighted by molar-refractivity contribution is -0.0660. The standard InChI is InChI=1S/C22H28FN3S/c1-16-25-19(15-27-16)18-7-5-17(6-8-18)13-26-12-10-22(9-11-24,20(23)14-26)21(2,3)4/h5-8,15,20H,9-10,12-14H2,1-4H3. The van der Waals surface area contributed by atoms with Gasteiger partial charge in [0.2, 0.25) is 0 Å². The quantitative estimate of drug-likeness (QED) is 0.687. The summed E-state index contributed by atoms with van der Waals surface area (Å²) in [4.78, 5) is 6.70. The third-order valence-corrected chi connectivity index (χ3v) is 6.83. The van der Waals surface area contributed by atoms with E-state index in [2.05, 4.69) is 66.4 Å². The smallest absolute Gasteiger partial charge is 0.120 e. The van der Waals surface area contributed by atoms with Crippen LogP contribution in [0.3, 0.4) is 0 Å². The van der Waals surface area contributed by atoms with Gasteiger partial charge in [-0.15, -0.1) is 11.3 Å². The van der Waals surface area contributed by atoms with E-state index in [0.29, 0.717) is 6.54 Å². The van der Waals surface area contributed by atoms with Gasteiger partial charge in [0.05, 0.1) is 16.8 Å². The van der Waals surface area contributed by atoms with E-state index in [1.165, 1.54) is 5.56 Å². The molecular weight excluding hydrogens is 357 g/mol. The van der Waals surface area contributed by atoms with Crippen LogP contribution in [0.2, 0.25) is 0 Å². The summed E-state index contributed by atoms with van der Waals surface area (Å²) in [6.45, 7) is 10.2. The average Bonchev–Trinajstić information content (AvgIpc) is 3.03. The van der Waals surface area contributed by atoms with Gasteiger partial charge < -0.3 is 0 Å². The molecule has 1 aromatic heterocycles. The Morgan fingerprint density at radius 3 is 2.56 bits per heavy atom. The molecule has 1 fully saturated rings.